The van der Waals surface area contributed by atoms with Crippen molar-refractivity contribution in [3.05, 3.63) is 70.8 Å². The average molecular weight is 223 g/mol. The number of hydrogen-bond acceptors (Lipinski definition) is 1. The molecule has 1 heteroatoms. The van der Waals surface area contributed by atoms with Crippen molar-refractivity contribution in [3.8, 4) is 0 Å². The molecule has 1 N–H and O–H groups in total. The molecule has 0 radical (unpaired) electrons. The van der Waals surface area contributed by atoms with Crippen LogP contribution in [0.15, 0.2) is 48.5 Å². The Labute approximate surface area is 102 Å². The minimum Gasteiger partial charge on any atom is -0.302 e. The third kappa shape index (κ3) is 1.87. The highest BCUT2D eigenvalue weighted by atomic mass is 14.9. The fourth-order valence-electron chi connectivity index (χ4n) is 2.54. The van der Waals surface area contributed by atoms with Crippen LogP contribution in [-0.4, -0.2) is 0 Å². The van der Waals surface area contributed by atoms with Gasteiger partial charge in [-0.25, -0.2) is 0 Å². The van der Waals surface area contributed by atoms with Gasteiger partial charge in [0.05, 0.1) is 6.04 Å². The number of benzene rings is 2. The molecule has 1 unspecified atom stereocenters. The van der Waals surface area contributed by atoms with E-state index in [-0.39, 0.29) is 0 Å². The van der Waals surface area contributed by atoms with Crippen molar-refractivity contribution in [1.29, 1.82) is 0 Å². The third-order valence-electron chi connectivity index (χ3n) is 3.58. The van der Waals surface area contributed by atoms with Crippen molar-refractivity contribution < 1.29 is 0 Å². The van der Waals surface area contributed by atoms with Gasteiger partial charge in [-0.3, -0.25) is 0 Å². The highest BCUT2D eigenvalue weighted by Gasteiger charge is 2.22. The SMILES string of the molecule is CCc1ccc(C2NCc3ccccc32)cc1. The molecule has 1 atom stereocenters. The van der Waals surface area contributed by atoms with E-state index in [9.17, 15) is 0 Å². The molecule has 1 heterocycles. The van der Waals surface area contributed by atoms with Crippen molar-refractivity contribution in [1.82, 2.24) is 5.32 Å². The monoisotopic (exact) mass is 223 g/mol. The Kier molecular flexibility index (Phi) is 2.69. The molecule has 1 aliphatic heterocycles. The molecule has 3 rings (SSSR count). The van der Waals surface area contributed by atoms with Crippen LogP contribution in [0.5, 0.6) is 0 Å². The fourth-order valence-corrected chi connectivity index (χ4v) is 2.54. The largest absolute Gasteiger partial charge is 0.302 e. The van der Waals surface area contributed by atoms with Crippen molar-refractivity contribution >= 4 is 0 Å². The molecule has 0 spiro atoms. The van der Waals surface area contributed by atoms with E-state index in [4.69, 9.17) is 0 Å². The number of aryl methyl sites for hydroxylation is 1. The third-order valence-corrected chi connectivity index (χ3v) is 3.58. The Morgan fingerprint density at radius 1 is 1.06 bits per heavy atom. The summed E-state index contributed by atoms with van der Waals surface area (Å²) in [6.07, 6.45) is 1.11. The lowest BCUT2D eigenvalue weighted by atomic mass is 9.97. The summed E-state index contributed by atoms with van der Waals surface area (Å²) in [6, 6.07) is 18.0. The second kappa shape index (κ2) is 4.34. The van der Waals surface area contributed by atoms with Crippen molar-refractivity contribution in [2.75, 3.05) is 0 Å². The lowest BCUT2D eigenvalue weighted by Crippen LogP contribution is -2.13. The van der Waals surface area contributed by atoms with Gasteiger partial charge in [0.1, 0.15) is 0 Å². The summed E-state index contributed by atoms with van der Waals surface area (Å²) in [6.45, 7) is 3.18. The zero-order valence-corrected chi connectivity index (χ0v) is 10.1. The van der Waals surface area contributed by atoms with E-state index >= 15 is 0 Å². The summed E-state index contributed by atoms with van der Waals surface area (Å²) >= 11 is 0. The maximum absolute atomic E-state index is 3.58. The first-order chi connectivity index (χ1) is 8.38. The molecule has 1 nitrogen and oxygen atoms in total. The summed E-state index contributed by atoms with van der Waals surface area (Å²) in [5.41, 5.74) is 5.63. The summed E-state index contributed by atoms with van der Waals surface area (Å²) < 4.78 is 0. The van der Waals surface area contributed by atoms with Gasteiger partial charge >= 0.3 is 0 Å². The van der Waals surface area contributed by atoms with Crippen LogP contribution in [0.4, 0.5) is 0 Å². The van der Waals surface area contributed by atoms with Crippen LogP contribution in [0.2, 0.25) is 0 Å². The van der Waals surface area contributed by atoms with Crippen LogP contribution in [0.3, 0.4) is 0 Å². The smallest absolute Gasteiger partial charge is 0.0582 e. The second-order valence-corrected chi connectivity index (χ2v) is 4.61. The molecule has 1 aliphatic rings. The molecule has 0 aromatic heterocycles. The van der Waals surface area contributed by atoms with Crippen molar-refractivity contribution in [3.63, 3.8) is 0 Å². The van der Waals surface area contributed by atoms with Gasteiger partial charge in [0.15, 0.2) is 0 Å². The first kappa shape index (κ1) is 10.5. The van der Waals surface area contributed by atoms with E-state index in [1.54, 1.807) is 0 Å². The van der Waals surface area contributed by atoms with Gasteiger partial charge in [0.25, 0.3) is 0 Å². The molecule has 0 bridgehead atoms. The molecule has 0 saturated carbocycles. The molecule has 0 saturated heterocycles. The van der Waals surface area contributed by atoms with Gasteiger partial charge < -0.3 is 5.32 Å². The van der Waals surface area contributed by atoms with E-state index < -0.39 is 0 Å². The van der Waals surface area contributed by atoms with Gasteiger partial charge in [-0.2, -0.15) is 0 Å². The van der Waals surface area contributed by atoms with Crippen LogP contribution < -0.4 is 5.32 Å². The molecule has 17 heavy (non-hydrogen) atoms. The standard InChI is InChI=1S/C16H17N/c1-2-12-7-9-13(10-8-12)16-15-6-4-3-5-14(15)11-17-16/h3-10,16-17H,2,11H2,1H3. The van der Waals surface area contributed by atoms with E-state index in [0.717, 1.165) is 13.0 Å². The average Bonchev–Trinajstić information content (AvgIpc) is 2.83. The predicted molar refractivity (Wildman–Crippen MR) is 70.9 cm³/mol. The summed E-state index contributed by atoms with van der Waals surface area (Å²) in [4.78, 5) is 0. The molecule has 86 valence electrons. The van der Waals surface area contributed by atoms with Gasteiger partial charge in [-0.15, -0.1) is 0 Å². The van der Waals surface area contributed by atoms with Gasteiger partial charge in [0, 0.05) is 6.54 Å². The Morgan fingerprint density at radius 2 is 1.82 bits per heavy atom. The fraction of sp³-hybridized carbons (Fsp3) is 0.250. The van der Waals surface area contributed by atoms with E-state index in [2.05, 4.69) is 60.8 Å². The normalized spacial score (nSPS) is 18.1. The van der Waals surface area contributed by atoms with Crippen LogP contribution >= 0.6 is 0 Å². The minimum absolute atomic E-state index is 0.372. The summed E-state index contributed by atoms with van der Waals surface area (Å²) in [5.74, 6) is 0. The Hall–Kier alpha value is -1.60. The van der Waals surface area contributed by atoms with Gasteiger partial charge in [0.2, 0.25) is 0 Å². The Balaban J connectivity index is 1.95. The molecular formula is C16H17N. The first-order valence-electron chi connectivity index (χ1n) is 6.28. The minimum atomic E-state index is 0.372. The lowest BCUT2D eigenvalue weighted by Gasteiger charge is -2.13. The molecule has 0 fully saturated rings. The highest BCUT2D eigenvalue weighted by Crippen LogP contribution is 2.30. The maximum atomic E-state index is 3.58. The number of rotatable bonds is 2. The van der Waals surface area contributed by atoms with Crippen LogP contribution in [0.25, 0.3) is 0 Å². The topological polar surface area (TPSA) is 12.0 Å². The Bertz CT molecular complexity index is 513. The molecule has 2 aromatic rings. The van der Waals surface area contributed by atoms with Crippen LogP contribution in [0, 0.1) is 0 Å². The van der Waals surface area contributed by atoms with Crippen LogP contribution in [-0.2, 0) is 13.0 Å². The van der Waals surface area contributed by atoms with Crippen LogP contribution in [0.1, 0.15) is 35.2 Å². The molecule has 2 aromatic carbocycles. The van der Waals surface area contributed by atoms with Gasteiger partial charge in [-0.05, 0) is 28.7 Å². The van der Waals surface area contributed by atoms with Crippen molar-refractivity contribution in [2.45, 2.75) is 25.9 Å². The second-order valence-electron chi connectivity index (χ2n) is 4.61. The van der Waals surface area contributed by atoms with Crippen molar-refractivity contribution in [2.24, 2.45) is 0 Å². The highest BCUT2D eigenvalue weighted by molar-refractivity contribution is 5.41. The molecule has 0 amide bonds. The first-order valence-corrected chi connectivity index (χ1v) is 6.28. The van der Waals surface area contributed by atoms with E-state index in [1.807, 2.05) is 0 Å². The summed E-state index contributed by atoms with van der Waals surface area (Å²) in [7, 11) is 0. The van der Waals surface area contributed by atoms with E-state index in [0.29, 0.717) is 6.04 Å². The number of fused-ring (bicyclic) bond motifs is 1. The maximum Gasteiger partial charge on any atom is 0.0582 e. The number of hydrogen-bond donors (Lipinski definition) is 1. The quantitative estimate of drug-likeness (QED) is 0.822. The van der Waals surface area contributed by atoms with Gasteiger partial charge in [-0.1, -0.05) is 55.5 Å². The zero-order valence-electron chi connectivity index (χ0n) is 10.1. The zero-order chi connectivity index (χ0) is 11.7. The lowest BCUT2D eigenvalue weighted by molar-refractivity contribution is 0.667. The molecular weight excluding hydrogens is 206 g/mol. The number of nitrogens with one attached hydrogen (secondary N) is 1. The summed E-state index contributed by atoms with van der Waals surface area (Å²) in [5, 5.41) is 3.58. The van der Waals surface area contributed by atoms with E-state index in [1.165, 1.54) is 22.3 Å². The molecule has 0 aliphatic carbocycles. The Morgan fingerprint density at radius 3 is 2.59 bits per heavy atom. The predicted octanol–water partition coefficient (Wildman–Crippen LogP) is 3.44.